The van der Waals surface area contributed by atoms with Crippen LogP contribution < -0.4 is 0 Å². The van der Waals surface area contributed by atoms with E-state index in [0.29, 0.717) is 6.54 Å². The second kappa shape index (κ2) is 4.43. The molecule has 3 aliphatic rings. The average Bonchev–Trinajstić information content (AvgIpc) is 2.97. The van der Waals surface area contributed by atoms with E-state index in [4.69, 9.17) is 4.74 Å². The van der Waals surface area contributed by atoms with E-state index in [-0.39, 0.29) is 17.7 Å². The van der Waals surface area contributed by atoms with Crippen molar-refractivity contribution in [1.82, 2.24) is 4.90 Å². The molecule has 110 valence electrons. The number of ether oxygens (including phenoxy) is 1. The Hall–Kier alpha value is -0.650. The predicted molar refractivity (Wildman–Crippen MR) is 87.0 cm³/mol. The zero-order valence-electron chi connectivity index (χ0n) is 11.6. The largest absolute Gasteiger partial charge is 0.338 e. The Morgan fingerprint density at radius 3 is 2.81 bits per heavy atom. The summed E-state index contributed by atoms with van der Waals surface area (Å²) in [6, 6.07) is 10.1. The van der Waals surface area contributed by atoms with E-state index in [1.807, 2.05) is 29.2 Å². The summed E-state index contributed by atoms with van der Waals surface area (Å²) in [7, 11) is 0. The summed E-state index contributed by atoms with van der Waals surface area (Å²) in [4.78, 5) is 14.8. The second-order valence-electron chi connectivity index (χ2n) is 6.10. The number of benzene rings is 1. The number of alkyl halides is 1. The van der Waals surface area contributed by atoms with Gasteiger partial charge in [-0.1, -0.05) is 53.2 Å². The zero-order valence-corrected chi connectivity index (χ0v) is 14.7. The highest BCUT2D eigenvalue weighted by Crippen LogP contribution is 2.63. The van der Waals surface area contributed by atoms with Gasteiger partial charge in [0.1, 0.15) is 0 Å². The van der Waals surface area contributed by atoms with Crippen molar-refractivity contribution in [3.63, 3.8) is 0 Å². The van der Waals surface area contributed by atoms with Gasteiger partial charge in [0.05, 0.1) is 0 Å². The molecule has 1 spiro atoms. The predicted octanol–water partition coefficient (Wildman–Crippen LogP) is 3.43. The molecule has 2 bridgehead atoms. The molecule has 0 N–H and O–H groups in total. The number of fused-ring (bicyclic) bond motifs is 1. The molecule has 0 saturated carbocycles. The minimum atomic E-state index is -0.781. The highest BCUT2D eigenvalue weighted by molar-refractivity contribution is 9.14. The second-order valence-corrected chi connectivity index (χ2v) is 8.13. The Morgan fingerprint density at radius 1 is 1.38 bits per heavy atom. The summed E-state index contributed by atoms with van der Waals surface area (Å²) < 4.78 is 6.58. The lowest BCUT2D eigenvalue weighted by Gasteiger charge is -2.28. The van der Waals surface area contributed by atoms with Gasteiger partial charge < -0.3 is 9.64 Å². The van der Waals surface area contributed by atoms with Crippen LogP contribution in [0.1, 0.15) is 12.5 Å². The van der Waals surface area contributed by atoms with E-state index < -0.39 is 10.1 Å². The number of carbonyl (C=O) groups is 1. The third-order valence-electron chi connectivity index (χ3n) is 4.98. The fraction of sp³-hybridized carbons (Fsp3) is 0.438. The molecule has 1 aromatic carbocycles. The summed E-state index contributed by atoms with van der Waals surface area (Å²) in [5.41, 5.74) is 0.373. The molecule has 5 heteroatoms. The molecule has 1 aromatic rings. The lowest BCUT2D eigenvalue weighted by Crippen LogP contribution is -2.40. The van der Waals surface area contributed by atoms with E-state index in [9.17, 15) is 4.79 Å². The van der Waals surface area contributed by atoms with Gasteiger partial charge in [-0.15, -0.1) is 0 Å². The first kappa shape index (κ1) is 14.0. The van der Waals surface area contributed by atoms with Gasteiger partial charge in [0.25, 0.3) is 5.91 Å². The minimum absolute atomic E-state index is 0.0824. The van der Waals surface area contributed by atoms with Crippen molar-refractivity contribution in [2.24, 2.45) is 11.8 Å². The van der Waals surface area contributed by atoms with Crippen molar-refractivity contribution in [3.8, 4) is 0 Å². The van der Waals surface area contributed by atoms with Crippen molar-refractivity contribution < 1.29 is 9.53 Å². The lowest BCUT2D eigenvalue weighted by molar-refractivity contribution is -0.143. The molecular weight excluding hydrogens is 398 g/mol. The van der Waals surface area contributed by atoms with Crippen LogP contribution in [0.25, 0.3) is 0 Å². The van der Waals surface area contributed by atoms with Gasteiger partial charge >= 0.3 is 0 Å². The molecule has 3 nitrogen and oxygen atoms in total. The summed E-state index contributed by atoms with van der Waals surface area (Å²) in [5, 5.41) is 0. The number of carbonyl (C=O) groups excluding carboxylic acids is 1. The lowest BCUT2D eigenvalue weighted by atomic mass is 9.78. The fourth-order valence-electron chi connectivity index (χ4n) is 3.80. The maximum absolute atomic E-state index is 12.9. The van der Waals surface area contributed by atoms with Crippen LogP contribution in [-0.4, -0.2) is 27.5 Å². The maximum Gasteiger partial charge on any atom is 0.259 e. The molecule has 1 amide bonds. The Balaban J connectivity index is 1.66. The third kappa shape index (κ3) is 1.71. The van der Waals surface area contributed by atoms with Crippen LogP contribution in [0.3, 0.4) is 0 Å². The van der Waals surface area contributed by atoms with E-state index in [2.05, 4.69) is 50.9 Å². The molecule has 0 radical (unpaired) electrons. The number of likely N-dealkylation sites (tertiary alicyclic amines) is 1. The SMILES string of the molecule is C[C@@H]1C2CN(Cc3ccccc3)C(=O)[C@]23C=C(Br)[C@]1(Br)O3. The number of rotatable bonds is 2. The molecule has 0 aromatic heterocycles. The zero-order chi connectivity index (χ0) is 14.8. The Labute approximate surface area is 140 Å². The highest BCUT2D eigenvalue weighted by atomic mass is 79.9. The Morgan fingerprint density at radius 2 is 2.10 bits per heavy atom. The Kier molecular flexibility index (Phi) is 2.95. The number of hydrogen-bond donors (Lipinski definition) is 0. The average molecular weight is 413 g/mol. The third-order valence-corrected chi connectivity index (χ3v) is 7.64. The molecular formula is C16H15Br2NO2. The van der Waals surface area contributed by atoms with Crippen molar-refractivity contribution >= 4 is 37.8 Å². The van der Waals surface area contributed by atoms with Crippen molar-refractivity contribution in [2.45, 2.75) is 23.6 Å². The number of amides is 1. The summed E-state index contributed by atoms with van der Waals surface area (Å²) in [6.45, 7) is 3.54. The van der Waals surface area contributed by atoms with Gasteiger partial charge in [0.2, 0.25) is 0 Å². The summed E-state index contributed by atoms with van der Waals surface area (Å²) in [5.74, 6) is 0.537. The van der Waals surface area contributed by atoms with E-state index in [1.165, 1.54) is 0 Å². The van der Waals surface area contributed by atoms with Crippen LogP contribution in [0, 0.1) is 11.8 Å². The smallest absolute Gasteiger partial charge is 0.259 e. The Bertz CT molecular complexity index is 647. The van der Waals surface area contributed by atoms with Crippen LogP contribution in [0.2, 0.25) is 0 Å². The topological polar surface area (TPSA) is 29.5 Å². The molecule has 2 fully saturated rings. The van der Waals surface area contributed by atoms with Crippen molar-refractivity contribution in [1.29, 1.82) is 0 Å². The van der Waals surface area contributed by atoms with Crippen LogP contribution in [-0.2, 0) is 16.1 Å². The first-order chi connectivity index (χ1) is 9.97. The number of nitrogens with zero attached hydrogens (tertiary/aromatic N) is 1. The van der Waals surface area contributed by atoms with Crippen molar-refractivity contribution in [3.05, 3.63) is 46.5 Å². The number of halogens is 2. The van der Waals surface area contributed by atoms with Gasteiger partial charge in [0, 0.05) is 29.4 Å². The van der Waals surface area contributed by atoms with Crippen LogP contribution in [0.4, 0.5) is 0 Å². The molecule has 4 atom stereocenters. The van der Waals surface area contributed by atoms with E-state index in [0.717, 1.165) is 16.6 Å². The molecule has 4 rings (SSSR count). The monoisotopic (exact) mass is 411 g/mol. The van der Waals surface area contributed by atoms with Gasteiger partial charge in [-0.05, 0) is 27.6 Å². The molecule has 1 unspecified atom stereocenters. The fourth-order valence-corrected chi connectivity index (χ4v) is 5.28. The maximum atomic E-state index is 12.9. The van der Waals surface area contributed by atoms with Crippen molar-refractivity contribution in [2.75, 3.05) is 6.54 Å². The van der Waals surface area contributed by atoms with E-state index in [1.54, 1.807) is 0 Å². The minimum Gasteiger partial charge on any atom is -0.338 e. The van der Waals surface area contributed by atoms with E-state index >= 15 is 0 Å². The van der Waals surface area contributed by atoms with Gasteiger partial charge in [-0.3, -0.25) is 4.79 Å². The number of hydrogen-bond acceptors (Lipinski definition) is 2. The van der Waals surface area contributed by atoms with Gasteiger partial charge in [-0.25, -0.2) is 0 Å². The standard InChI is InChI=1S/C16H15Br2NO2/c1-10-12-9-19(8-11-5-3-2-4-6-11)14(20)15(12)7-13(17)16(10,18)21-15/h2-7,10,12H,8-9H2,1H3/t10-,12?,15+,16-/m1/s1. The molecule has 0 aliphatic carbocycles. The summed E-state index contributed by atoms with van der Waals surface area (Å²) >= 11 is 7.23. The molecule has 3 aliphatic heterocycles. The van der Waals surface area contributed by atoms with Gasteiger partial charge in [-0.2, -0.15) is 0 Å². The quantitative estimate of drug-likeness (QED) is 0.696. The normalized spacial score (nSPS) is 40.6. The molecule has 3 heterocycles. The van der Waals surface area contributed by atoms with Crippen LogP contribution in [0.5, 0.6) is 0 Å². The highest BCUT2D eigenvalue weighted by Gasteiger charge is 2.71. The van der Waals surface area contributed by atoms with Crippen LogP contribution in [0.15, 0.2) is 40.9 Å². The molecule has 2 saturated heterocycles. The summed E-state index contributed by atoms with van der Waals surface area (Å²) in [6.07, 6.45) is 1.96. The van der Waals surface area contributed by atoms with Crippen LogP contribution >= 0.6 is 31.9 Å². The first-order valence-corrected chi connectivity index (χ1v) is 8.67. The first-order valence-electron chi connectivity index (χ1n) is 7.08. The molecule has 21 heavy (non-hydrogen) atoms. The van der Waals surface area contributed by atoms with Gasteiger partial charge in [0.15, 0.2) is 10.1 Å².